The van der Waals surface area contributed by atoms with Crippen molar-refractivity contribution in [2.75, 3.05) is 11.9 Å². The number of aromatic nitrogens is 2. The van der Waals surface area contributed by atoms with E-state index in [1.54, 1.807) is 13.8 Å². The molecule has 7 nitrogen and oxygen atoms in total. The van der Waals surface area contributed by atoms with Gasteiger partial charge >= 0.3 is 6.03 Å². The summed E-state index contributed by atoms with van der Waals surface area (Å²) in [5, 5.41) is 8.96. The average molecular weight is 395 g/mol. The van der Waals surface area contributed by atoms with E-state index in [9.17, 15) is 9.59 Å². The fourth-order valence-corrected chi connectivity index (χ4v) is 3.27. The van der Waals surface area contributed by atoms with Crippen LogP contribution in [0.25, 0.3) is 10.9 Å². The van der Waals surface area contributed by atoms with Crippen molar-refractivity contribution in [1.82, 2.24) is 20.6 Å². The van der Waals surface area contributed by atoms with Gasteiger partial charge in [-0.3, -0.25) is 10.1 Å². The molecule has 0 radical (unpaired) electrons. The van der Waals surface area contributed by atoms with E-state index in [2.05, 4.69) is 25.9 Å². The minimum Gasteiger partial charge on any atom is -0.340 e. The highest BCUT2D eigenvalue weighted by atomic mass is 32.2. The number of thioether (sulfide) groups is 1. The summed E-state index contributed by atoms with van der Waals surface area (Å²) < 4.78 is 0. The number of amides is 3. The highest BCUT2D eigenvalue weighted by Crippen LogP contribution is 2.28. The molecule has 3 N–H and O–H groups in total. The minimum absolute atomic E-state index is 0.398. The molecule has 0 fully saturated rings. The topological polar surface area (TPSA) is 96.0 Å². The van der Waals surface area contributed by atoms with Gasteiger partial charge in [0, 0.05) is 17.6 Å². The van der Waals surface area contributed by atoms with Crippen LogP contribution in [0.15, 0.2) is 59.8 Å². The van der Waals surface area contributed by atoms with Gasteiger partial charge < -0.3 is 10.6 Å². The van der Waals surface area contributed by atoms with Crippen LogP contribution < -0.4 is 16.0 Å². The molecule has 3 amide bonds. The Bertz CT molecular complexity index is 981. The van der Waals surface area contributed by atoms with Crippen molar-refractivity contribution in [2.24, 2.45) is 0 Å². The molecule has 3 aromatic rings. The van der Waals surface area contributed by atoms with Gasteiger partial charge in [-0.2, -0.15) is 0 Å². The SMILES string of the molecule is CCNC(=O)NC(=O)C(C)Sc1nc(Nc2ccccc2)c2ccccc2n1. The van der Waals surface area contributed by atoms with Crippen LogP contribution in [0.5, 0.6) is 0 Å². The number of fused-ring (bicyclic) bond motifs is 1. The van der Waals surface area contributed by atoms with Gasteiger partial charge in [0.05, 0.1) is 10.8 Å². The summed E-state index contributed by atoms with van der Waals surface area (Å²) in [4.78, 5) is 32.9. The molecule has 1 heterocycles. The fraction of sp³-hybridized carbons (Fsp3) is 0.200. The molecular weight excluding hydrogens is 374 g/mol. The van der Waals surface area contributed by atoms with Crippen LogP contribution in [-0.4, -0.2) is 33.7 Å². The number of nitrogens with zero attached hydrogens (tertiary/aromatic N) is 2. The highest BCUT2D eigenvalue weighted by molar-refractivity contribution is 8.00. The van der Waals surface area contributed by atoms with Gasteiger partial charge in [0.15, 0.2) is 5.16 Å². The van der Waals surface area contributed by atoms with Gasteiger partial charge in [-0.15, -0.1) is 0 Å². The van der Waals surface area contributed by atoms with Crippen LogP contribution in [0.2, 0.25) is 0 Å². The second kappa shape index (κ2) is 9.18. The summed E-state index contributed by atoms with van der Waals surface area (Å²) in [7, 11) is 0. The number of urea groups is 1. The third-order valence-electron chi connectivity index (χ3n) is 3.84. The number of hydrogen-bond donors (Lipinski definition) is 3. The Hall–Kier alpha value is -3.13. The van der Waals surface area contributed by atoms with Crippen LogP contribution in [-0.2, 0) is 4.79 Å². The average Bonchev–Trinajstić information content (AvgIpc) is 2.69. The lowest BCUT2D eigenvalue weighted by atomic mass is 10.2. The third-order valence-corrected chi connectivity index (χ3v) is 4.81. The molecule has 3 rings (SSSR count). The Morgan fingerprint density at radius 1 is 1.04 bits per heavy atom. The summed E-state index contributed by atoms with van der Waals surface area (Å²) >= 11 is 1.20. The molecule has 0 aliphatic carbocycles. The summed E-state index contributed by atoms with van der Waals surface area (Å²) in [6, 6.07) is 16.9. The molecule has 144 valence electrons. The molecule has 0 aliphatic heterocycles. The van der Waals surface area contributed by atoms with E-state index < -0.39 is 17.2 Å². The number of hydrogen-bond acceptors (Lipinski definition) is 6. The zero-order chi connectivity index (χ0) is 19.9. The fourth-order valence-electron chi connectivity index (χ4n) is 2.49. The van der Waals surface area contributed by atoms with E-state index in [-0.39, 0.29) is 0 Å². The lowest BCUT2D eigenvalue weighted by Crippen LogP contribution is -2.42. The molecule has 0 saturated heterocycles. The van der Waals surface area contributed by atoms with Gasteiger partial charge in [0.2, 0.25) is 5.91 Å². The molecule has 0 aliphatic rings. The Morgan fingerprint density at radius 3 is 2.50 bits per heavy atom. The van der Waals surface area contributed by atoms with Gasteiger partial charge in [-0.25, -0.2) is 14.8 Å². The standard InChI is InChI=1S/C20H21N5O2S/c1-3-21-19(27)25-18(26)13(2)28-20-23-16-12-8-7-11-15(16)17(24-20)22-14-9-5-4-6-10-14/h4-13H,3H2,1-2H3,(H,22,23,24)(H2,21,25,26,27). The normalized spacial score (nSPS) is 11.6. The van der Waals surface area contributed by atoms with Crippen molar-refractivity contribution in [3.63, 3.8) is 0 Å². The summed E-state index contributed by atoms with van der Waals surface area (Å²) in [6.45, 7) is 3.94. The smallest absolute Gasteiger partial charge is 0.321 e. The Morgan fingerprint density at radius 2 is 1.75 bits per heavy atom. The minimum atomic E-state index is -0.534. The predicted octanol–water partition coefficient (Wildman–Crippen LogP) is 3.70. The lowest BCUT2D eigenvalue weighted by molar-refractivity contribution is -0.119. The van der Waals surface area contributed by atoms with Gasteiger partial charge in [0.1, 0.15) is 5.82 Å². The van der Waals surface area contributed by atoms with E-state index in [4.69, 9.17) is 0 Å². The maximum Gasteiger partial charge on any atom is 0.321 e. The van der Waals surface area contributed by atoms with Crippen molar-refractivity contribution < 1.29 is 9.59 Å². The number of carbonyl (C=O) groups is 2. The van der Waals surface area contributed by atoms with Crippen molar-refractivity contribution in [2.45, 2.75) is 24.3 Å². The quantitative estimate of drug-likeness (QED) is 0.435. The highest BCUT2D eigenvalue weighted by Gasteiger charge is 2.19. The third kappa shape index (κ3) is 4.98. The summed E-state index contributed by atoms with van der Waals surface area (Å²) in [5.74, 6) is 0.265. The van der Waals surface area contributed by atoms with Crippen LogP contribution in [0.3, 0.4) is 0 Å². The van der Waals surface area contributed by atoms with Crippen LogP contribution in [0.1, 0.15) is 13.8 Å². The van der Waals surface area contributed by atoms with Crippen molar-refractivity contribution >= 4 is 46.1 Å². The molecule has 0 spiro atoms. The summed E-state index contributed by atoms with van der Waals surface area (Å²) in [5.41, 5.74) is 1.68. The Kier molecular flexibility index (Phi) is 6.44. The van der Waals surface area contributed by atoms with Crippen LogP contribution in [0.4, 0.5) is 16.3 Å². The van der Waals surface area contributed by atoms with E-state index >= 15 is 0 Å². The monoisotopic (exact) mass is 395 g/mol. The molecule has 2 aromatic carbocycles. The molecule has 1 atom stereocenters. The lowest BCUT2D eigenvalue weighted by Gasteiger charge is -2.13. The van der Waals surface area contributed by atoms with Crippen LogP contribution in [0, 0.1) is 0 Å². The first-order valence-electron chi connectivity index (χ1n) is 8.91. The number of carbonyl (C=O) groups excluding carboxylic acids is 2. The van der Waals surface area contributed by atoms with E-state index in [0.717, 1.165) is 16.6 Å². The van der Waals surface area contributed by atoms with E-state index in [0.29, 0.717) is 17.5 Å². The Balaban J connectivity index is 1.83. The number of imide groups is 1. The molecular formula is C20H21N5O2S. The van der Waals surface area contributed by atoms with Gasteiger partial charge in [-0.1, -0.05) is 42.1 Å². The van der Waals surface area contributed by atoms with Crippen molar-refractivity contribution in [3.8, 4) is 0 Å². The van der Waals surface area contributed by atoms with Crippen LogP contribution >= 0.6 is 11.8 Å². The zero-order valence-corrected chi connectivity index (χ0v) is 16.4. The Labute approximate surface area is 167 Å². The molecule has 1 aromatic heterocycles. The number of benzene rings is 2. The zero-order valence-electron chi connectivity index (χ0n) is 15.6. The molecule has 0 saturated carbocycles. The number of anilines is 2. The first kappa shape index (κ1) is 19.6. The maximum absolute atomic E-state index is 12.2. The summed E-state index contributed by atoms with van der Waals surface area (Å²) in [6.07, 6.45) is 0. The first-order chi connectivity index (χ1) is 13.6. The van der Waals surface area contributed by atoms with Crippen molar-refractivity contribution in [1.29, 1.82) is 0 Å². The molecule has 28 heavy (non-hydrogen) atoms. The predicted molar refractivity (Wildman–Crippen MR) is 112 cm³/mol. The molecule has 8 heteroatoms. The van der Waals surface area contributed by atoms with Gasteiger partial charge in [-0.05, 0) is 38.1 Å². The van der Waals surface area contributed by atoms with Crippen molar-refractivity contribution in [3.05, 3.63) is 54.6 Å². The van der Waals surface area contributed by atoms with E-state index in [1.165, 1.54) is 11.8 Å². The second-order valence-electron chi connectivity index (χ2n) is 5.97. The molecule has 1 unspecified atom stereocenters. The number of para-hydroxylation sites is 2. The largest absolute Gasteiger partial charge is 0.340 e. The first-order valence-corrected chi connectivity index (χ1v) is 9.79. The number of nitrogens with one attached hydrogen (secondary N) is 3. The van der Waals surface area contributed by atoms with E-state index in [1.807, 2.05) is 54.6 Å². The maximum atomic E-state index is 12.2. The molecule has 0 bridgehead atoms. The van der Waals surface area contributed by atoms with Gasteiger partial charge in [0.25, 0.3) is 0 Å². The number of rotatable bonds is 6. The second-order valence-corrected chi connectivity index (χ2v) is 7.28.